The van der Waals surface area contributed by atoms with Gasteiger partial charge in [0.05, 0.1) is 39.9 Å². The van der Waals surface area contributed by atoms with Gasteiger partial charge in [-0.3, -0.25) is 0 Å². The second kappa shape index (κ2) is 8.82. The van der Waals surface area contributed by atoms with Crippen molar-refractivity contribution in [3.05, 3.63) is 86.9 Å². The zero-order valence-electron chi connectivity index (χ0n) is 14.9. The number of benzene rings is 2. The standard InChI is InChI=1S/C22H18ClN3S/c1-2-12-27-22-18(14-25)20(16-10-6-7-11-19(16)23)17(13-24)21(26-22)15-8-4-3-5-9-15/h3-11,20,26H,2,12H2,1H3. The molecule has 0 fully saturated rings. The summed E-state index contributed by atoms with van der Waals surface area (Å²) in [5.41, 5.74) is 3.47. The van der Waals surface area contributed by atoms with E-state index in [-0.39, 0.29) is 0 Å². The van der Waals surface area contributed by atoms with Crippen molar-refractivity contribution in [2.45, 2.75) is 19.3 Å². The highest BCUT2D eigenvalue weighted by Crippen LogP contribution is 2.44. The van der Waals surface area contributed by atoms with Crippen LogP contribution in [-0.2, 0) is 0 Å². The number of hydrogen-bond acceptors (Lipinski definition) is 4. The van der Waals surface area contributed by atoms with Gasteiger partial charge in [0.25, 0.3) is 0 Å². The highest BCUT2D eigenvalue weighted by molar-refractivity contribution is 8.03. The Morgan fingerprint density at radius 2 is 1.67 bits per heavy atom. The SMILES string of the molecule is CCCSC1=C(C#N)C(c2ccccc2Cl)C(C#N)=C(c2ccccc2)N1. The lowest BCUT2D eigenvalue weighted by atomic mass is 9.82. The van der Waals surface area contributed by atoms with Crippen LogP contribution in [0.5, 0.6) is 0 Å². The monoisotopic (exact) mass is 391 g/mol. The molecule has 0 radical (unpaired) electrons. The molecule has 27 heavy (non-hydrogen) atoms. The van der Waals surface area contributed by atoms with Gasteiger partial charge < -0.3 is 5.32 Å². The lowest BCUT2D eigenvalue weighted by Crippen LogP contribution is -2.24. The summed E-state index contributed by atoms with van der Waals surface area (Å²) in [7, 11) is 0. The zero-order valence-corrected chi connectivity index (χ0v) is 16.4. The second-order valence-electron chi connectivity index (χ2n) is 6.05. The molecule has 1 aliphatic heterocycles. The fraction of sp³-hybridized carbons (Fsp3) is 0.182. The van der Waals surface area contributed by atoms with Crippen LogP contribution in [-0.4, -0.2) is 5.75 Å². The zero-order chi connectivity index (χ0) is 19.2. The molecule has 0 saturated carbocycles. The minimum absolute atomic E-state index is 0.482. The Morgan fingerprint density at radius 1 is 1.00 bits per heavy atom. The van der Waals surface area contributed by atoms with Crippen molar-refractivity contribution in [2.24, 2.45) is 0 Å². The van der Waals surface area contributed by atoms with Crippen molar-refractivity contribution in [1.29, 1.82) is 10.5 Å². The number of hydrogen-bond donors (Lipinski definition) is 1. The van der Waals surface area contributed by atoms with E-state index in [0.717, 1.165) is 34.0 Å². The third-order valence-electron chi connectivity index (χ3n) is 4.30. The Balaban J connectivity index is 2.25. The molecule has 3 rings (SSSR count). The average Bonchev–Trinajstić information content (AvgIpc) is 2.72. The largest absolute Gasteiger partial charge is 0.348 e. The third kappa shape index (κ3) is 3.88. The first kappa shape index (κ1) is 19.1. The second-order valence-corrected chi connectivity index (χ2v) is 7.56. The molecule has 0 aromatic heterocycles. The van der Waals surface area contributed by atoms with Gasteiger partial charge in [0, 0.05) is 5.02 Å². The van der Waals surface area contributed by atoms with Crippen molar-refractivity contribution in [1.82, 2.24) is 5.32 Å². The van der Waals surface area contributed by atoms with Gasteiger partial charge in [0.2, 0.25) is 0 Å². The number of dihydropyridines is 1. The van der Waals surface area contributed by atoms with E-state index in [2.05, 4.69) is 24.4 Å². The first-order chi connectivity index (χ1) is 13.2. The summed E-state index contributed by atoms with van der Waals surface area (Å²) in [4.78, 5) is 0. The summed E-state index contributed by atoms with van der Waals surface area (Å²) in [5.74, 6) is 0.400. The molecule has 0 spiro atoms. The molecule has 0 bridgehead atoms. The highest BCUT2D eigenvalue weighted by Gasteiger charge is 2.33. The summed E-state index contributed by atoms with van der Waals surface area (Å²) >= 11 is 8.06. The number of halogens is 1. The van der Waals surface area contributed by atoms with E-state index in [1.807, 2.05) is 48.5 Å². The maximum atomic E-state index is 9.99. The normalized spacial score (nSPS) is 16.5. The molecule has 5 heteroatoms. The minimum atomic E-state index is -0.482. The van der Waals surface area contributed by atoms with Crippen molar-refractivity contribution in [3.8, 4) is 12.1 Å². The molecule has 0 aliphatic carbocycles. The van der Waals surface area contributed by atoms with E-state index in [4.69, 9.17) is 11.6 Å². The minimum Gasteiger partial charge on any atom is -0.348 e. The summed E-state index contributed by atoms with van der Waals surface area (Å²) in [5, 5.41) is 24.6. The van der Waals surface area contributed by atoms with E-state index in [1.54, 1.807) is 17.8 Å². The number of nitriles is 2. The Morgan fingerprint density at radius 3 is 2.30 bits per heavy atom. The molecule has 0 amide bonds. The molecule has 0 saturated heterocycles. The van der Waals surface area contributed by atoms with Crippen LogP contribution >= 0.6 is 23.4 Å². The van der Waals surface area contributed by atoms with E-state index in [0.29, 0.717) is 16.2 Å². The molecule has 1 heterocycles. The number of allylic oxidation sites excluding steroid dienone is 2. The average molecular weight is 392 g/mol. The van der Waals surface area contributed by atoms with Crippen LogP contribution in [0.4, 0.5) is 0 Å². The molecular weight excluding hydrogens is 374 g/mol. The topological polar surface area (TPSA) is 59.6 Å². The maximum absolute atomic E-state index is 9.99. The Labute approximate surface area is 169 Å². The Kier molecular flexibility index (Phi) is 6.24. The molecular formula is C22H18ClN3S. The smallest absolute Gasteiger partial charge is 0.0985 e. The summed E-state index contributed by atoms with van der Waals surface area (Å²) in [6, 6.07) is 21.8. The third-order valence-corrected chi connectivity index (χ3v) is 5.87. The van der Waals surface area contributed by atoms with E-state index in [1.165, 1.54) is 0 Å². The van der Waals surface area contributed by atoms with E-state index >= 15 is 0 Å². The summed E-state index contributed by atoms with van der Waals surface area (Å²) in [6.07, 6.45) is 0.987. The van der Waals surface area contributed by atoms with Crippen LogP contribution in [0.1, 0.15) is 30.4 Å². The van der Waals surface area contributed by atoms with Crippen LogP contribution < -0.4 is 5.32 Å². The fourth-order valence-corrected chi connectivity index (χ4v) is 4.22. The van der Waals surface area contributed by atoms with Crippen molar-refractivity contribution >= 4 is 29.1 Å². The number of nitrogens with one attached hydrogen (secondary N) is 1. The van der Waals surface area contributed by atoms with Gasteiger partial charge in [-0.05, 0) is 29.4 Å². The van der Waals surface area contributed by atoms with Crippen LogP contribution in [0.15, 0.2) is 70.8 Å². The van der Waals surface area contributed by atoms with Gasteiger partial charge in [-0.25, -0.2) is 0 Å². The van der Waals surface area contributed by atoms with E-state index in [9.17, 15) is 10.5 Å². The predicted molar refractivity (Wildman–Crippen MR) is 112 cm³/mol. The van der Waals surface area contributed by atoms with E-state index < -0.39 is 5.92 Å². The van der Waals surface area contributed by atoms with Gasteiger partial charge in [0.1, 0.15) is 0 Å². The quantitative estimate of drug-likeness (QED) is 0.695. The van der Waals surface area contributed by atoms with Crippen molar-refractivity contribution < 1.29 is 0 Å². The lowest BCUT2D eigenvalue weighted by molar-refractivity contribution is 0.915. The first-order valence-corrected chi connectivity index (χ1v) is 10.1. The van der Waals surface area contributed by atoms with Gasteiger partial charge in [0.15, 0.2) is 0 Å². The first-order valence-electron chi connectivity index (χ1n) is 8.69. The van der Waals surface area contributed by atoms with Crippen LogP contribution in [0, 0.1) is 22.7 Å². The maximum Gasteiger partial charge on any atom is 0.0985 e. The molecule has 1 N–H and O–H groups in total. The number of nitrogens with zero attached hydrogens (tertiary/aromatic N) is 2. The Bertz CT molecular complexity index is 981. The fourth-order valence-electron chi connectivity index (χ4n) is 3.07. The van der Waals surface area contributed by atoms with Gasteiger partial charge in [-0.2, -0.15) is 10.5 Å². The molecule has 2 aromatic rings. The van der Waals surface area contributed by atoms with Crippen molar-refractivity contribution in [3.63, 3.8) is 0 Å². The predicted octanol–water partition coefficient (Wildman–Crippen LogP) is 5.84. The molecule has 1 atom stereocenters. The van der Waals surface area contributed by atoms with Gasteiger partial charge in [-0.15, -0.1) is 11.8 Å². The molecule has 134 valence electrons. The van der Waals surface area contributed by atoms with Crippen LogP contribution in [0.3, 0.4) is 0 Å². The number of thioether (sulfide) groups is 1. The van der Waals surface area contributed by atoms with Crippen LogP contribution in [0.2, 0.25) is 5.02 Å². The lowest BCUT2D eigenvalue weighted by Gasteiger charge is -2.29. The summed E-state index contributed by atoms with van der Waals surface area (Å²) < 4.78 is 0. The van der Waals surface area contributed by atoms with Gasteiger partial charge in [-0.1, -0.05) is 67.1 Å². The molecule has 1 unspecified atom stereocenters. The van der Waals surface area contributed by atoms with Crippen LogP contribution in [0.25, 0.3) is 5.70 Å². The molecule has 3 nitrogen and oxygen atoms in total. The van der Waals surface area contributed by atoms with Gasteiger partial charge >= 0.3 is 0 Å². The van der Waals surface area contributed by atoms with Crippen molar-refractivity contribution in [2.75, 3.05) is 5.75 Å². The molecule has 1 aliphatic rings. The summed E-state index contributed by atoms with van der Waals surface area (Å²) in [6.45, 7) is 2.10. The number of rotatable bonds is 5. The highest BCUT2D eigenvalue weighted by atomic mass is 35.5. The Hall–Kier alpha value is -2.66. The molecule has 2 aromatic carbocycles.